The maximum absolute atomic E-state index is 9.76. The van der Waals surface area contributed by atoms with Gasteiger partial charge in [-0.3, -0.25) is 0 Å². The average molecular weight is 178 g/mol. The molecule has 68 valence electrons. The minimum absolute atomic E-state index is 0.619. The Morgan fingerprint density at radius 3 is 3.00 bits per heavy atom. The van der Waals surface area contributed by atoms with Gasteiger partial charge in [-0.05, 0) is 12.1 Å². The number of aromatic nitrogens is 2. The van der Waals surface area contributed by atoms with Crippen molar-refractivity contribution in [3.8, 4) is 0 Å². The van der Waals surface area contributed by atoms with Crippen LogP contribution in [0, 0.1) is 0 Å². The minimum atomic E-state index is -0.696. The van der Waals surface area contributed by atoms with Gasteiger partial charge < -0.3 is 9.84 Å². The van der Waals surface area contributed by atoms with E-state index < -0.39 is 6.10 Å². The van der Waals surface area contributed by atoms with Gasteiger partial charge in [0.2, 0.25) is 0 Å². The van der Waals surface area contributed by atoms with Gasteiger partial charge in [-0.1, -0.05) is 0 Å². The molecule has 1 aromatic rings. The van der Waals surface area contributed by atoms with Crippen LogP contribution in [0.25, 0.3) is 0 Å². The van der Waals surface area contributed by atoms with Gasteiger partial charge in [0.15, 0.2) is 0 Å². The summed E-state index contributed by atoms with van der Waals surface area (Å²) in [7, 11) is 0. The van der Waals surface area contributed by atoms with Crippen LogP contribution >= 0.6 is 0 Å². The van der Waals surface area contributed by atoms with Crippen molar-refractivity contribution in [3.05, 3.63) is 35.9 Å². The number of hydrogen-bond donors (Lipinski definition) is 1. The van der Waals surface area contributed by atoms with Crippen LogP contribution in [0.4, 0.5) is 0 Å². The summed E-state index contributed by atoms with van der Waals surface area (Å²) in [5, 5.41) is 17.1. The van der Waals surface area contributed by atoms with Gasteiger partial charge in [-0.15, -0.1) is 0 Å². The molecule has 4 nitrogen and oxygen atoms in total. The number of ether oxygens (including phenoxy) is 1. The molecular formula is C9H10N2O2. The van der Waals surface area contributed by atoms with Crippen molar-refractivity contribution < 1.29 is 9.84 Å². The van der Waals surface area contributed by atoms with Crippen LogP contribution in [0.1, 0.15) is 18.1 Å². The highest BCUT2D eigenvalue weighted by Gasteiger charge is 2.17. The molecule has 0 amide bonds. The Morgan fingerprint density at radius 1 is 1.46 bits per heavy atom. The number of rotatable bonds is 2. The summed E-state index contributed by atoms with van der Waals surface area (Å²) in [4.78, 5) is 0. The Bertz CT molecular complexity index is 311. The van der Waals surface area contributed by atoms with Crippen LogP contribution in [0.15, 0.2) is 30.3 Å². The van der Waals surface area contributed by atoms with Crippen molar-refractivity contribution >= 4 is 0 Å². The highest BCUT2D eigenvalue weighted by Crippen LogP contribution is 2.24. The van der Waals surface area contributed by atoms with E-state index in [2.05, 4.69) is 10.2 Å². The molecule has 2 rings (SSSR count). The third-order valence-electron chi connectivity index (χ3n) is 1.92. The number of aliphatic hydroxyl groups excluding tert-OH is 1. The molecule has 1 aliphatic heterocycles. The van der Waals surface area contributed by atoms with Gasteiger partial charge in [0.25, 0.3) is 0 Å². The largest absolute Gasteiger partial charge is 0.495 e. The summed E-state index contributed by atoms with van der Waals surface area (Å²) >= 11 is 0. The highest BCUT2D eigenvalue weighted by molar-refractivity contribution is 5.19. The molecule has 4 heteroatoms. The van der Waals surface area contributed by atoms with Crippen LogP contribution in [0.3, 0.4) is 0 Å². The Labute approximate surface area is 75.9 Å². The van der Waals surface area contributed by atoms with Crippen LogP contribution in [0.2, 0.25) is 0 Å². The first-order chi connectivity index (χ1) is 6.38. The lowest BCUT2D eigenvalue weighted by molar-refractivity contribution is 0.118. The maximum Gasteiger partial charge on any atom is 0.137 e. The quantitative estimate of drug-likeness (QED) is 0.728. The number of aliphatic hydroxyl groups is 1. The smallest absolute Gasteiger partial charge is 0.137 e. The average Bonchev–Trinajstić information content (AvgIpc) is 2.71. The normalized spacial score (nSPS) is 17.8. The lowest BCUT2D eigenvalue weighted by Gasteiger charge is -2.10. The van der Waals surface area contributed by atoms with E-state index in [1.165, 1.54) is 6.20 Å². The summed E-state index contributed by atoms with van der Waals surface area (Å²) in [5.41, 5.74) is 0.711. The van der Waals surface area contributed by atoms with Crippen molar-refractivity contribution in [1.82, 2.24) is 10.2 Å². The molecule has 0 bridgehead atoms. The van der Waals surface area contributed by atoms with Gasteiger partial charge in [0, 0.05) is 18.2 Å². The zero-order valence-electron chi connectivity index (χ0n) is 7.05. The van der Waals surface area contributed by atoms with E-state index >= 15 is 0 Å². The summed E-state index contributed by atoms with van der Waals surface area (Å²) in [5.74, 6) is 0.619. The second-order valence-electron chi connectivity index (χ2n) is 2.82. The third kappa shape index (κ3) is 1.67. The molecule has 1 atom stereocenters. The lowest BCUT2D eigenvalue weighted by Crippen LogP contribution is -2.02. The molecule has 0 saturated carbocycles. The molecule has 1 unspecified atom stereocenters. The van der Waals surface area contributed by atoms with Crippen LogP contribution in [-0.2, 0) is 4.74 Å². The molecule has 0 aliphatic carbocycles. The Kier molecular flexibility index (Phi) is 2.23. The topological polar surface area (TPSA) is 55.2 Å². The van der Waals surface area contributed by atoms with Gasteiger partial charge in [-0.25, -0.2) is 0 Å². The first-order valence-corrected chi connectivity index (χ1v) is 4.15. The first-order valence-electron chi connectivity index (χ1n) is 4.15. The van der Waals surface area contributed by atoms with Crippen molar-refractivity contribution in [3.63, 3.8) is 0 Å². The zero-order valence-corrected chi connectivity index (χ0v) is 7.05. The number of nitrogens with zero attached hydrogens (tertiary/aromatic N) is 2. The standard InChI is InChI=1S/C9H10N2O2/c12-9(8-2-1-5-13-8)7-3-4-10-11-6-7/h2-4,6,9,12H,1,5H2. The van der Waals surface area contributed by atoms with Gasteiger partial charge in [-0.2, -0.15) is 10.2 Å². The van der Waals surface area contributed by atoms with Crippen molar-refractivity contribution in [2.45, 2.75) is 12.5 Å². The van der Waals surface area contributed by atoms with Crippen molar-refractivity contribution in [1.29, 1.82) is 0 Å². The minimum Gasteiger partial charge on any atom is -0.495 e. The molecule has 0 aromatic carbocycles. The summed E-state index contributed by atoms with van der Waals surface area (Å²) in [6, 6.07) is 1.72. The summed E-state index contributed by atoms with van der Waals surface area (Å²) < 4.78 is 5.23. The molecule has 1 N–H and O–H groups in total. The van der Waals surface area contributed by atoms with E-state index in [9.17, 15) is 5.11 Å². The van der Waals surface area contributed by atoms with Crippen LogP contribution < -0.4 is 0 Å². The molecule has 1 aromatic heterocycles. The second-order valence-corrected chi connectivity index (χ2v) is 2.82. The Hall–Kier alpha value is -1.42. The van der Waals surface area contributed by atoms with Gasteiger partial charge in [0.1, 0.15) is 11.9 Å². The van der Waals surface area contributed by atoms with E-state index in [4.69, 9.17) is 4.74 Å². The molecule has 0 fully saturated rings. The molecule has 13 heavy (non-hydrogen) atoms. The molecule has 0 saturated heterocycles. The van der Waals surface area contributed by atoms with Crippen LogP contribution in [0.5, 0.6) is 0 Å². The number of hydrogen-bond acceptors (Lipinski definition) is 4. The van der Waals surface area contributed by atoms with E-state index in [0.29, 0.717) is 17.9 Å². The Balaban J connectivity index is 2.17. The van der Waals surface area contributed by atoms with Gasteiger partial charge >= 0.3 is 0 Å². The molecule has 0 radical (unpaired) electrons. The maximum atomic E-state index is 9.76. The predicted octanol–water partition coefficient (Wildman–Crippen LogP) is 0.814. The summed E-state index contributed by atoms with van der Waals surface area (Å²) in [6.07, 6.45) is 5.15. The molecular weight excluding hydrogens is 168 g/mol. The van der Waals surface area contributed by atoms with E-state index in [1.54, 1.807) is 12.3 Å². The van der Waals surface area contributed by atoms with Gasteiger partial charge in [0.05, 0.1) is 12.8 Å². The van der Waals surface area contributed by atoms with E-state index in [0.717, 1.165) is 6.42 Å². The predicted molar refractivity (Wildman–Crippen MR) is 45.6 cm³/mol. The molecule has 2 heterocycles. The molecule has 0 spiro atoms. The van der Waals surface area contributed by atoms with E-state index in [1.807, 2.05) is 6.08 Å². The third-order valence-corrected chi connectivity index (χ3v) is 1.92. The zero-order chi connectivity index (χ0) is 9.10. The summed E-state index contributed by atoms with van der Waals surface area (Å²) in [6.45, 7) is 0.658. The van der Waals surface area contributed by atoms with Crippen LogP contribution in [-0.4, -0.2) is 21.9 Å². The highest BCUT2D eigenvalue weighted by atomic mass is 16.5. The Morgan fingerprint density at radius 2 is 2.38 bits per heavy atom. The SMILES string of the molecule is OC(C1=CCCO1)c1ccnnc1. The first kappa shape index (κ1) is 8.19. The molecule has 1 aliphatic rings. The van der Waals surface area contributed by atoms with Crippen molar-refractivity contribution in [2.24, 2.45) is 0 Å². The fourth-order valence-electron chi connectivity index (χ4n) is 1.25. The van der Waals surface area contributed by atoms with E-state index in [-0.39, 0.29) is 0 Å². The lowest BCUT2D eigenvalue weighted by atomic mass is 10.1. The fraction of sp³-hybridized carbons (Fsp3) is 0.333. The fourth-order valence-corrected chi connectivity index (χ4v) is 1.25. The van der Waals surface area contributed by atoms with Crippen molar-refractivity contribution in [2.75, 3.05) is 6.61 Å². The monoisotopic (exact) mass is 178 g/mol. The second kappa shape index (κ2) is 3.53.